The first-order valence-electron chi connectivity index (χ1n) is 9.10. The normalized spacial score (nSPS) is 19.5. The molecule has 1 amide bonds. The number of aromatic amines is 1. The van der Waals surface area contributed by atoms with Gasteiger partial charge in [0.25, 0.3) is 5.56 Å². The molecule has 0 spiro atoms. The maximum Gasteiger partial charge on any atom is 0.278 e. The Bertz CT molecular complexity index is 838. The molecule has 0 bridgehead atoms. The summed E-state index contributed by atoms with van der Waals surface area (Å²) in [6.45, 7) is 2.18. The first kappa shape index (κ1) is 19.4. The molecule has 1 aliphatic rings. The number of ether oxygens (including phenoxy) is 1. The SMILES string of the molecule is COc1ccc(-c2nnc(SCC(=O)N[C@@H]3CCCC[C@H]3C)[nH]c2=O)cc1. The average molecular weight is 388 g/mol. The molecule has 1 aliphatic carbocycles. The average Bonchev–Trinajstić information content (AvgIpc) is 2.68. The molecule has 2 aromatic rings. The van der Waals surface area contributed by atoms with Gasteiger partial charge in [0.05, 0.1) is 12.9 Å². The van der Waals surface area contributed by atoms with Crippen molar-refractivity contribution >= 4 is 17.7 Å². The van der Waals surface area contributed by atoms with Gasteiger partial charge in [0.15, 0.2) is 10.9 Å². The van der Waals surface area contributed by atoms with Crippen LogP contribution in [0.4, 0.5) is 0 Å². The number of thioether (sulfide) groups is 1. The molecule has 2 N–H and O–H groups in total. The van der Waals surface area contributed by atoms with Gasteiger partial charge in [0.1, 0.15) is 5.75 Å². The summed E-state index contributed by atoms with van der Waals surface area (Å²) in [5.74, 6) is 1.38. The molecule has 27 heavy (non-hydrogen) atoms. The highest BCUT2D eigenvalue weighted by atomic mass is 32.2. The number of benzene rings is 1. The van der Waals surface area contributed by atoms with E-state index in [9.17, 15) is 9.59 Å². The van der Waals surface area contributed by atoms with E-state index in [0.29, 0.717) is 22.4 Å². The molecule has 0 saturated heterocycles. The molecule has 7 nitrogen and oxygen atoms in total. The largest absolute Gasteiger partial charge is 0.497 e. The molecule has 0 unspecified atom stereocenters. The smallest absolute Gasteiger partial charge is 0.278 e. The molecule has 8 heteroatoms. The first-order chi connectivity index (χ1) is 13.1. The Balaban J connectivity index is 1.58. The zero-order chi connectivity index (χ0) is 19.2. The molecule has 1 saturated carbocycles. The lowest BCUT2D eigenvalue weighted by Gasteiger charge is -2.29. The van der Waals surface area contributed by atoms with Gasteiger partial charge in [0.2, 0.25) is 5.91 Å². The van der Waals surface area contributed by atoms with Crippen LogP contribution < -0.4 is 15.6 Å². The van der Waals surface area contributed by atoms with Crippen LogP contribution in [0, 0.1) is 5.92 Å². The summed E-state index contributed by atoms with van der Waals surface area (Å²) in [5.41, 5.74) is 0.562. The van der Waals surface area contributed by atoms with E-state index in [1.54, 1.807) is 31.4 Å². The molecule has 1 aromatic heterocycles. The summed E-state index contributed by atoms with van der Waals surface area (Å²) in [6, 6.07) is 7.27. The Morgan fingerprint density at radius 2 is 2.00 bits per heavy atom. The summed E-state index contributed by atoms with van der Waals surface area (Å²) in [6.07, 6.45) is 4.59. The zero-order valence-corrected chi connectivity index (χ0v) is 16.3. The van der Waals surface area contributed by atoms with E-state index in [1.165, 1.54) is 18.2 Å². The van der Waals surface area contributed by atoms with Gasteiger partial charge in [-0.05, 0) is 43.0 Å². The quantitative estimate of drug-likeness (QED) is 0.739. The number of hydrogen-bond donors (Lipinski definition) is 2. The van der Waals surface area contributed by atoms with E-state index in [0.717, 1.165) is 19.3 Å². The summed E-state index contributed by atoms with van der Waals surface area (Å²) >= 11 is 1.18. The highest BCUT2D eigenvalue weighted by molar-refractivity contribution is 7.99. The minimum atomic E-state index is -0.334. The van der Waals surface area contributed by atoms with E-state index in [1.807, 2.05) is 0 Å². The Morgan fingerprint density at radius 3 is 2.67 bits per heavy atom. The number of carbonyl (C=O) groups is 1. The fourth-order valence-electron chi connectivity index (χ4n) is 3.24. The Morgan fingerprint density at radius 1 is 1.26 bits per heavy atom. The number of hydrogen-bond acceptors (Lipinski definition) is 6. The standard InChI is InChI=1S/C19H24N4O3S/c1-12-5-3-4-6-15(12)20-16(24)11-27-19-21-18(25)17(22-23-19)13-7-9-14(26-2)10-8-13/h7-10,12,15H,3-6,11H2,1-2H3,(H,20,24)(H,21,23,25)/t12-,15-/m1/s1. The van der Waals surface area contributed by atoms with Crippen molar-refractivity contribution in [3.8, 4) is 17.0 Å². The highest BCUT2D eigenvalue weighted by Gasteiger charge is 2.22. The minimum absolute atomic E-state index is 0.0411. The first-order valence-corrected chi connectivity index (χ1v) is 10.1. The van der Waals surface area contributed by atoms with Crippen molar-refractivity contribution < 1.29 is 9.53 Å². The van der Waals surface area contributed by atoms with Crippen LogP contribution >= 0.6 is 11.8 Å². The fraction of sp³-hybridized carbons (Fsp3) is 0.474. The number of nitrogens with zero attached hydrogens (tertiary/aromatic N) is 2. The van der Waals surface area contributed by atoms with Gasteiger partial charge in [-0.25, -0.2) is 0 Å². The lowest BCUT2D eigenvalue weighted by atomic mass is 9.86. The van der Waals surface area contributed by atoms with Crippen molar-refractivity contribution in [2.24, 2.45) is 5.92 Å². The Labute approximate surface area is 162 Å². The van der Waals surface area contributed by atoms with Gasteiger partial charge in [-0.15, -0.1) is 10.2 Å². The van der Waals surface area contributed by atoms with E-state index >= 15 is 0 Å². The van der Waals surface area contributed by atoms with Crippen molar-refractivity contribution in [2.75, 3.05) is 12.9 Å². The van der Waals surface area contributed by atoms with Gasteiger partial charge >= 0.3 is 0 Å². The van der Waals surface area contributed by atoms with Gasteiger partial charge in [-0.3, -0.25) is 14.6 Å². The lowest BCUT2D eigenvalue weighted by Crippen LogP contribution is -2.41. The molecule has 144 valence electrons. The molecule has 0 radical (unpaired) electrons. The summed E-state index contributed by atoms with van der Waals surface area (Å²) in [5, 5.41) is 11.5. The van der Waals surface area contributed by atoms with Crippen LogP contribution in [0.15, 0.2) is 34.2 Å². The Kier molecular flexibility index (Phi) is 6.49. The number of carbonyl (C=O) groups excluding carboxylic acids is 1. The third-order valence-corrected chi connectivity index (χ3v) is 5.70. The van der Waals surface area contributed by atoms with Gasteiger partial charge in [-0.1, -0.05) is 31.5 Å². The number of H-pyrrole nitrogens is 1. The topological polar surface area (TPSA) is 97.0 Å². The van der Waals surface area contributed by atoms with Gasteiger partial charge < -0.3 is 10.1 Å². The molecule has 2 atom stereocenters. The Hall–Kier alpha value is -2.35. The predicted octanol–water partition coefficient (Wildman–Crippen LogP) is 2.63. The van der Waals surface area contributed by atoms with E-state index in [-0.39, 0.29) is 29.0 Å². The van der Waals surface area contributed by atoms with Crippen LogP contribution in [-0.2, 0) is 4.79 Å². The summed E-state index contributed by atoms with van der Waals surface area (Å²) in [4.78, 5) is 27.2. The van der Waals surface area contributed by atoms with Crippen molar-refractivity contribution in [3.05, 3.63) is 34.6 Å². The third-order valence-electron chi connectivity index (χ3n) is 4.84. The molecular formula is C19H24N4O3S. The van der Waals surface area contributed by atoms with E-state index < -0.39 is 0 Å². The molecule has 1 heterocycles. The summed E-state index contributed by atoms with van der Waals surface area (Å²) in [7, 11) is 1.58. The monoisotopic (exact) mass is 388 g/mol. The van der Waals surface area contributed by atoms with E-state index in [2.05, 4.69) is 27.4 Å². The second kappa shape index (κ2) is 9.03. The second-order valence-corrected chi connectivity index (χ2v) is 7.72. The maximum atomic E-state index is 12.3. The molecule has 3 rings (SSSR count). The zero-order valence-electron chi connectivity index (χ0n) is 15.5. The van der Waals surface area contributed by atoms with Crippen LogP contribution in [0.1, 0.15) is 32.6 Å². The van der Waals surface area contributed by atoms with Crippen LogP contribution in [0.5, 0.6) is 5.75 Å². The number of aromatic nitrogens is 3. The number of methoxy groups -OCH3 is 1. The van der Waals surface area contributed by atoms with Crippen molar-refractivity contribution in [1.29, 1.82) is 0 Å². The van der Waals surface area contributed by atoms with Crippen molar-refractivity contribution in [3.63, 3.8) is 0 Å². The lowest BCUT2D eigenvalue weighted by molar-refractivity contribution is -0.119. The minimum Gasteiger partial charge on any atom is -0.497 e. The van der Waals surface area contributed by atoms with Crippen LogP contribution in [0.3, 0.4) is 0 Å². The van der Waals surface area contributed by atoms with Crippen molar-refractivity contribution in [2.45, 2.75) is 43.8 Å². The molecule has 1 aromatic carbocycles. The number of nitrogens with one attached hydrogen (secondary N) is 2. The van der Waals surface area contributed by atoms with Crippen LogP contribution in [-0.4, -0.2) is 40.0 Å². The molecule has 0 aliphatic heterocycles. The molecular weight excluding hydrogens is 364 g/mol. The maximum absolute atomic E-state index is 12.3. The second-order valence-electron chi connectivity index (χ2n) is 6.76. The van der Waals surface area contributed by atoms with Crippen LogP contribution in [0.25, 0.3) is 11.3 Å². The third kappa shape index (κ3) is 5.09. The number of amides is 1. The van der Waals surface area contributed by atoms with Crippen LogP contribution in [0.2, 0.25) is 0 Å². The summed E-state index contributed by atoms with van der Waals surface area (Å²) < 4.78 is 5.11. The fourth-order valence-corrected chi connectivity index (χ4v) is 3.85. The van der Waals surface area contributed by atoms with E-state index in [4.69, 9.17) is 4.74 Å². The van der Waals surface area contributed by atoms with Gasteiger partial charge in [-0.2, -0.15) is 0 Å². The van der Waals surface area contributed by atoms with Crippen molar-refractivity contribution in [1.82, 2.24) is 20.5 Å². The predicted molar refractivity (Wildman–Crippen MR) is 105 cm³/mol. The number of rotatable bonds is 6. The molecule has 1 fully saturated rings. The highest BCUT2D eigenvalue weighted by Crippen LogP contribution is 2.24. The van der Waals surface area contributed by atoms with Gasteiger partial charge in [0, 0.05) is 11.6 Å².